The Kier molecular flexibility index (Phi) is 3.64. The fourth-order valence-electron chi connectivity index (χ4n) is 1.61. The van der Waals surface area contributed by atoms with Gasteiger partial charge >= 0.3 is 0 Å². The number of nitrogens with zero attached hydrogens (tertiary/aromatic N) is 1. The molecule has 1 heterocycles. The molecule has 0 aliphatic rings. The summed E-state index contributed by atoms with van der Waals surface area (Å²) >= 11 is 7.86. The molecular formula is C14H17ClN2S. The zero-order valence-corrected chi connectivity index (χ0v) is 12.4. The lowest BCUT2D eigenvalue weighted by Crippen LogP contribution is -2.11. The molecular weight excluding hydrogens is 264 g/mol. The molecule has 1 aromatic heterocycles. The molecule has 4 heteroatoms. The highest BCUT2D eigenvalue weighted by atomic mass is 35.5. The summed E-state index contributed by atoms with van der Waals surface area (Å²) in [5.74, 6) is 0. The van der Waals surface area contributed by atoms with Crippen LogP contribution in [0.25, 0.3) is 0 Å². The predicted molar refractivity (Wildman–Crippen MR) is 79.5 cm³/mol. The van der Waals surface area contributed by atoms with Gasteiger partial charge in [-0.3, -0.25) is 0 Å². The van der Waals surface area contributed by atoms with Crippen LogP contribution in [0.2, 0.25) is 5.02 Å². The van der Waals surface area contributed by atoms with E-state index < -0.39 is 0 Å². The molecule has 0 amide bonds. The van der Waals surface area contributed by atoms with Crippen molar-refractivity contribution >= 4 is 28.6 Å². The summed E-state index contributed by atoms with van der Waals surface area (Å²) in [5, 5.41) is 3.93. The van der Waals surface area contributed by atoms with Crippen molar-refractivity contribution in [2.75, 3.05) is 5.73 Å². The maximum absolute atomic E-state index is 6.17. The minimum absolute atomic E-state index is 0.0969. The molecule has 0 saturated heterocycles. The summed E-state index contributed by atoms with van der Waals surface area (Å²) in [5.41, 5.74) is 8.68. The topological polar surface area (TPSA) is 38.9 Å². The zero-order chi connectivity index (χ0) is 13.3. The average molecular weight is 281 g/mol. The molecule has 2 nitrogen and oxygen atoms in total. The molecule has 0 saturated carbocycles. The van der Waals surface area contributed by atoms with Crippen LogP contribution in [-0.4, -0.2) is 4.98 Å². The summed E-state index contributed by atoms with van der Waals surface area (Å²) in [4.78, 5) is 4.67. The van der Waals surface area contributed by atoms with E-state index in [1.54, 1.807) is 17.4 Å². The number of hydrogen-bond donors (Lipinski definition) is 1. The molecule has 0 unspecified atom stereocenters. The Morgan fingerprint density at radius 1 is 1.33 bits per heavy atom. The van der Waals surface area contributed by atoms with E-state index in [1.807, 2.05) is 12.1 Å². The average Bonchev–Trinajstić information content (AvgIpc) is 2.70. The van der Waals surface area contributed by atoms with Gasteiger partial charge < -0.3 is 5.73 Å². The minimum atomic E-state index is 0.0969. The van der Waals surface area contributed by atoms with Crippen molar-refractivity contribution in [2.24, 2.45) is 0 Å². The van der Waals surface area contributed by atoms with E-state index in [2.05, 4.69) is 31.1 Å². The van der Waals surface area contributed by atoms with Crippen molar-refractivity contribution in [3.8, 4) is 0 Å². The Balaban J connectivity index is 2.21. The molecule has 0 radical (unpaired) electrons. The van der Waals surface area contributed by atoms with Crippen molar-refractivity contribution in [3.05, 3.63) is 44.9 Å². The van der Waals surface area contributed by atoms with Crippen LogP contribution in [0.5, 0.6) is 0 Å². The molecule has 1 aromatic carbocycles. The summed E-state index contributed by atoms with van der Waals surface area (Å²) < 4.78 is 0. The summed E-state index contributed by atoms with van der Waals surface area (Å²) in [7, 11) is 0. The van der Waals surface area contributed by atoms with Gasteiger partial charge in [-0.1, -0.05) is 38.4 Å². The number of aromatic nitrogens is 1. The highest BCUT2D eigenvalue weighted by molar-refractivity contribution is 7.09. The third kappa shape index (κ3) is 3.03. The first kappa shape index (κ1) is 13.4. The molecule has 0 aliphatic carbocycles. The van der Waals surface area contributed by atoms with Gasteiger partial charge in [0.15, 0.2) is 0 Å². The second-order valence-electron chi connectivity index (χ2n) is 5.40. The van der Waals surface area contributed by atoms with E-state index in [0.717, 1.165) is 22.7 Å². The molecule has 0 spiro atoms. The highest BCUT2D eigenvalue weighted by Crippen LogP contribution is 2.27. The van der Waals surface area contributed by atoms with Crippen LogP contribution in [-0.2, 0) is 11.8 Å². The Morgan fingerprint density at radius 3 is 2.61 bits per heavy atom. The number of benzene rings is 1. The molecule has 2 rings (SSSR count). The van der Waals surface area contributed by atoms with E-state index in [9.17, 15) is 0 Å². The lowest BCUT2D eigenvalue weighted by molar-refractivity contribution is 0.571. The maximum Gasteiger partial charge on any atom is 0.0972 e. The molecule has 96 valence electrons. The van der Waals surface area contributed by atoms with E-state index in [1.165, 1.54) is 0 Å². The van der Waals surface area contributed by atoms with E-state index in [4.69, 9.17) is 17.3 Å². The third-order valence-electron chi connectivity index (χ3n) is 2.74. The van der Waals surface area contributed by atoms with E-state index in [0.29, 0.717) is 10.7 Å². The van der Waals surface area contributed by atoms with Gasteiger partial charge in [-0.15, -0.1) is 11.3 Å². The summed E-state index contributed by atoms with van der Waals surface area (Å²) in [6.07, 6.45) is 0.764. The Hall–Kier alpha value is -1.06. The molecule has 0 bridgehead atoms. The first-order chi connectivity index (χ1) is 8.36. The molecule has 2 N–H and O–H groups in total. The molecule has 0 atom stereocenters. The quantitative estimate of drug-likeness (QED) is 0.835. The Morgan fingerprint density at radius 2 is 2.06 bits per heavy atom. The molecule has 0 fully saturated rings. The van der Waals surface area contributed by atoms with Gasteiger partial charge in [-0.05, 0) is 17.7 Å². The number of halogens is 1. The van der Waals surface area contributed by atoms with Crippen molar-refractivity contribution < 1.29 is 0 Å². The predicted octanol–water partition coefficient (Wildman–Crippen LogP) is 4.27. The van der Waals surface area contributed by atoms with Gasteiger partial charge in [0.2, 0.25) is 0 Å². The van der Waals surface area contributed by atoms with E-state index >= 15 is 0 Å². The lowest BCUT2D eigenvalue weighted by atomic mass is 9.93. The third-order valence-corrected chi connectivity index (χ3v) is 3.94. The van der Waals surface area contributed by atoms with Crippen LogP contribution < -0.4 is 5.73 Å². The van der Waals surface area contributed by atoms with E-state index in [-0.39, 0.29) is 5.41 Å². The number of rotatable bonds is 2. The van der Waals surface area contributed by atoms with Gasteiger partial charge in [0.25, 0.3) is 0 Å². The number of anilines is 1. The number of nitrogen functional groups attached to an aromatic ring is 1. The Bertz CT molecular complexity index is 555. The first-order valence-electron chi connectivity index (χ1n) is 5.85. The summed E-state index contributed by atoms with van der Waals surface area (Å²) in [6, 6.07) is 5.63. The smallest absolute Gasteiger partial charge is 0.0972 e. The minimum Gasteiger partial charge on any atom is -0.399 e. The molecule has 0 aliphatic heterocycles. The van der Waals surface area contributed by atoms with Crippen LogP contribution in [0.1, 0.15) is 37.0 Å². The highest BCUT2D eigenvalue weighted by Gasteiger charge is 2.17. The monoisotopic (exact) mass is 280 g/mol. The van der Waals surface area contributed by atoms with Crippen molar-refractivity contribution in [3.63, 3.8) is 0 Å². The standard InChI is InChI=1S/C14H17ClN2S/c1-14(2,3)12-8-18-13(17-12)6-9-4-5-10(16)7-11(9)15/h4-5,7-8H,6,16H2,1-3H3. The second-order valence-corrected chi connectivity index (χ2v) is 6.75. The maximum atomic E-state index is 6.17. The second kappa shape index (κ2) is 4.90. The van der Waals surface area contributed by atoms with Gasteiger partial charge in [0.1, 0.15) is 0 Å². The van der Waals surface area contributed by atoms with Crippen LogP contribution >= 0.6 is 22.9 Å². The van der Waals surface area contributed by atoms with Crippen LogP contribution in [0, 0.1) is 0 Å². The zero-order valence-electron chi connectivity index (χ0n) is 10.8. The number of nitrogens with two attached hydrogens (primary N) is 1. The van der Waals surface area contributed by atoms with Crippen molar-refractivity contribution in [1.82, 2.24) is 4.98 Å². The SMILES string of the molecule is CC(C)(C)c1csc(Cc2ccc(N)cc2Cl)n1. The van der Waals surface area contributed by atoms with Crippen molar-refractivity contribution in [2.45, 2.75) is 32.6 Å². The fraction of sp³-hybridized carbons (Fsp3) is 0.357. The van der Waals surface area contributed by atoms with Crippen LogP contribution in [0.3, 0.4) is 0 Å². The number of thiazole rings is 1. The Labute approximate surface area is 117 Å². The number of hydrogen-bond acceptors (Lipinski definition) is 3. The molecule has 18 heavy (non-hydrogen) atoms. The first-order valence-corrected chi connectivity index (χ1v) is 7.11. The van der Waals surface area contributed by atoms with Crippen LogP contribution in [0.4, 0.5) is 5.69 Å². The van der Waals surface area contributed by atoms with Gasteiger partial charge in [0.05, 0.1) is 10.7 Å². The van der Waals surface area contributed by atoms with Crippen LogP contribution in [0.15, 0.2) is 23.6 Å². The van der Waals surface area contributed by atoms with Gasteiger partial charge in [0, 0.05) is 27.9 Å². The lowest BCUT2D eigenvalue weighted by Gasteiger charge is -2.14. The van der Waals surface area contributed by atoms with Gasteiger partial charge in [-0.2, -0.15) is 0 Å². The van der Waals surface area contributed by atoms with Gasteiger partial charge in [-0.25, -0.2) is 4.98 Å². The van der Waals surface area contributed by atoms with Crippen molar-refractivity contribution in [1.29, 1.82) is 0 Å². The fourth-order valence-corrected chi connectivity index (χ4v) is 2.91. The summed E-state index contributed by atoms with van der Waals surface area (Å²) in [6.45, 7) is 6.51. The normalized spacial score (nSPS) is 11.8. The molecule has 2 aromatic rings. The largest absolute Gasteiger partial charge is 0.399 e.